The van der Waals surface area contributed by atoms with Crippen LogP contribution in [0.25, 0.3) is 0 Å². The summed E-state index contributed by atoms with van der Waals surface area (Å²) in [7, 11) is 1.58. The molecule has 0 bridgehead atoms. The fourth-order valence-corrected chi connectivity index (χ4v) is 9.36. The van der Waals surface area contributed by atoms with Gasteiger partial charge in [0.25, 0.3) is 0 Å². The van der Waals surface area contributed by atoms with Crippen LogP contribution in [0.2, 0.25) is 0 Å². The molecule has 4 fully saturated rings. The van der Waals surface area contributed by atoms with Crippen LogP contribution in [0.3, 0.4) is 0 Å². The van der Waals surface area contributed by atoms with Gasteiger partial charge < -0.3 is 24.5 Å². The first-order valence-corrected chi connectivity index (χ1v) is 14.5. The maximum absolute atomic E-state index is 13.5. The van der Waals surface area contributed by atoms with E-state index in [1.54, 1.807) is 7.11 Å². The van der Waals surface area contributed by atoms with Crippen molar-refractivity contribution >= 4 is 11.9 Å². The molecule has 0 aromatic rings. The van der Waals surface area contributed by atoms with Gasteiger partial charge >= 0.3 is 41.7 Å². The van der Waals surface area contributed by atoms with Crippen molar-refractivity contribution < 1.29 is 72.0 Å². The van der Waals surface area contributed by atoms with Gasteiger partial charge in [-0.1, -0.05) is 13.8 Å². The largest absolute Gasteiger partial charge is 1.00 e. The standard InChI is InChI=1S/C29H45F3O6.Na/c1-17(24(16-37-3)38-26(35)6-4-5-25(33)34)22-9-10-23-21-8-7-18-15-28(36,29(30,31)32)14-12-19(18)20(21)11-13-27(22,23)2;/h17-24,36H,4-16H2,1-3H3,(H,33,34);/q;+1/p-1/t17-,18+,19-,20+,21+,22+,23-,24+,27+,28+;/m0./s1. The van der Waals surface area contributed by atoms with Gasteiger partial charge in [-0.3, -0.25) is 4.79 Å². The molecular formula is C29H44F3NaO6. The summed E-state index contributed by atoms with van der Waals surface area (Å²) in [6.07, 6.45) is 0.975. The fourth-order valence-electron chi connectivity index (χ4n) is 9.36. The van der Waals surface area contributed by atoms with Crippen molar-refractivity contribution in [3.05, 3.63) is 0 Å². The predicted molar refractivity (Wildman–Crippen MR) is 131 cm³/mol. The number of aliphatic hydroxyl groups is 1. The van der Waals surface area contributed by atoms with Gasteiger partial charge in [0.2, 0.25) is 0 Å². The second-order valence-electron chi connectivity index (χ2n) is 13.0. The Morgan fingerprint density at radius 3 is 2.36 bits per heavy atom. The molecule has 0 saturated heterocycles. The molecule has 10 heteroatoms. The zero-order chi connectivity index (χ0) is 27.9. The van der Waals surface area contributed by atoms with Crippen LogP contribution in [-0.4, -0.2) is 48.6 Å². The molecule has 1 N–H and O–H groups in total. The van der Waals surface area contributed by atoms with Crippen molar-refractivity contribution in [2.24, 2.45) is 46.8 Å². The molecule has 10 atom stereocenters. The Kier molecular flexibility index (Phi) is 11.0. The number of aliphatic carboxylic acids is 1. The van der Waals surface area contributed by atoms with Crippen LogP contribution < -0.4 is 34.7 Å². The number of halogens is 3. The number of hydrogen-bond donors (Lipinski definition) is 1. The molecule has 218 valence electrons. The van der Waals surface area contributed by atoms with E-state index in [0.29, 0.717) is 30.1 Å². The van der Waals surface area contributed by atoms with Crippen molar-refractivity contribution in [1.82, 2.24) is 0 Å². The summed E-state index contributed by atoms with van der Waals surface area (Å²) in [5.41, 5.74) is -2.46. The number of rotatable bonds is 9. The van der Waals surface area contributed by atoms with E-state index in [4.69, 9.17) is 9.47 Å². The van der Waals surface area contributed by atoms with Crippen LogP contribution in [0.1, 0.15) is 90.9 Å². The quantitative estimate of drug-likeness (QED) is 0.336. The molecule has 0 aromatic heterocycles. The van der Waals surface area contributed by atoms with Crippen LogP contribution in [0, 0.1) is 46.8 Å². The molecule has 4 aliphatic rings. The van der Waals surface area contributed by atoms with Crippen LogP contribution in [0.5, 0.6) is 0 Å². The van der Waals surface area contributed by atoms with E-state index in [9.17, 15) is 33.0 Å². The Balaban J connectivity index is 0.00000420. The number of carbonyl (C=O) groups is 2. The second kappa shape index (κ2) is 12.9. The predicted octanol–water partition coefficient (Wildman–Crippen LogP) is 1.67. The Labute approximate surface area is 252 Å². The molecule has 4 aliphatic carbocycles. The van der Waals surface area contributed by atoms with Crippen LogP contribution >= 0.6 is 0 Å². The summed E-state index contributed by atoms with van der Waals surface area (Å²) < 4.78 is 51.8. The van der Waals surface area contributed by atoms with E-state index < -0.39 is 29.8 Å². The number of esters is 1. The SMILES string of the molecule is COC[C@@H](OC(=O)CCCC(=O)[O-])[C@@H](C)[C@H]1CC[C@H]2[C@@H]3CC[C@@H]4C[C@@](O)(C(F)(F)F)CC[C@@H]4[C@H]3CC[C@]12C.[Na+]. The van der Waals surface area contributed by atoms with Crippen molar-refractivity contribution in [3.8, 4) is 0 Å². The average molecular weight is 569 g/mol. The smallest absolute Gasteiger partial charge is 0.550 e. The summed E-state index contributed by atoms with van der Waals surface area (Å²) in [6.45, 7) is 4.77. The maximum Gasteiger partial charge on any atom is 1.00 e. The zero-order valence-corrected chi connectivity index (χ0v) is 25.9. The number of carboxylic acid groups (broad SMARTS) is 1. The van der Waals surface area contributed by atoms with E-state index in [2.05, 4.69) is 13.8 Å². The molecule has 0 unspecified atom stereocenters. The van der Waals surface area contributed by atoms with Crippen molar-refractivity contribution in [2.45, 2.75) is 109 Å². The molecule has 0 aliphatic heterocycles. The summed E-state index contributed by atoms with van der Waals surface area (Å²) in [6, 6.07) is 0. The average Bonchev–Trinajstić information content (AvgIpc) is 3.19. The van der Waals surface area contributed by atoms with E-state index in [1.807, 2.05) is 0 Å². The second-order valence-corrected chi connectivity index (χ2v) is 13.0. The Bertz CT molecular complexity index is 870. The Morgan fingerprint density at radius 2 is 1.72 bits per heavy atom. The van der Waals surface area contributed by atoms with E-state index >= 15 is 0 Å². The van der Waals surface area contributed by atoms with Gasteiger partial charge in [0.1, 0.15) is 6.10 Å². The Hall–Kier alpha value is -0.350. The third kappa shape index (κ3) is 6.68. The van der Waals surface area contributed by atoms with Crippen LogP contribution in [0.4, 0.5) is 13.2 Å². The number of carbonyl (C=O) groups excluding carboxylic acids is 2. The zero-order valence-electron chi connectivity index (χ0n) is 23.9. The molecule has 0 radical (unpaired) electrons. The summed E-state index contributed by atoms with van der Waals surface area (Å²) in [5, 5.41) is 21.0. The van der Waals surface area contributed by atoms with Gasteiger partial charge in [0.15, 0.2) is 5.60 Å². The molecule has 39 heavy (non-hydrogen) atoms. The maximum atomic E-state index is 13.5. The minimum atomic E-state index is -4.57. The van der Waals surface area contributed by atoms with Crippen molar-refractivity contribution in [2.75, 3.05) is 13.7 Å². The third-order valence-electron chi connectivity index (χ3n) is 11.2. The number of carboxylic acids is 1. The Morgan fingerprint density at radius 1 is 1.03 bits per heavy atom. The molecule has 0 spiro atoms. The van der Waals surface area contributed by atoms with E-state index in [-0.39, 0.29) is 91.4 Å². The third-order valence-corrected chi connectivity index (χ3v) is 11.2. The topological polar surface area (TPSA) is 95.9 Å². The molecule has 6 nitrogen and oxygen atoms in total. The first-order valence-electron chi connectivity index (χ1n) is 14.5. The number of alkyl halides is 3. The summed E-state index contributed by atoms with van der Waals surface area (Å²) in [4.78, 5) is 23.1. The van der Waals surface area contributed by atoms with E-state index in [0.717, 1.165) is 38.5 Å². The normalized spacial score (nSPS) is 39.4. The molecule has 0 heterocycles. The molecule has 4 rings (SSSR count). The van der Waals surface area contributed by atoms with Crippen molar-refractivity contribution in [3.63, 3.8) is 0 Å². The first kappa shape index (κ1) is 33.2. The molecule has 4 saturated carbocycles. The summed E-state index contributed by atoms with van der Waals surface area (Å²) in [5.74, 6) is 0.437. The first-order chi connectivity index (χ1) is 17.8. The minimum Gasteiger partial charge on any atom is -0.550 e. The van der Waals surface area contributed by atoms with Crippen molar-refractivity contribution in [1.29, 1.82) is 0 Å². The van der Waals surface area contributed by atoms with Gasteiger partial charge in [0, 0.05) is 19.5 Å². The molecule has 0 amide bonds. The number of methoxy groups -OCH3 is 1. The van der Waals surface area contributed by atoms with Gasteiger partial charge in [-0.05, 0) is 117 Å². The van der Waals surface area contributed by atoms with E-state index in [1.165, 1.54) is 0 Å². The molecular weight excluding hydrogens is 524 g/mol. The van der Waals surface area contributed by atoms with Crippen LogP contribution in [-0.2, 0) is 19.1 Å². The minimum absolute atomic E-state index is 0. The number of ether oxygens (including phenoxy) is 2. The molecule has 0 aromatic carbocycles. The fraction of sp³-hybridized carbons (Fsp3) is 0.931. The van der Waals surface area contributed by atoms with Crippen LogP contribution in [0.15, 0.2) is 0 Å². The summed E-state index contributed by atoms with van der Waals surface area (Å²) >= 11 is 0. The van der Waals surface area contributed by atoms with Gasteiger partial charge in [-0.25, -0.2) is 0 Å². The van der Waals surface area contributed by atoms with Gasteiger partial charge in [0.05, 0.1) is 6.61 Å². The monoisotopic (exact) mass is 568 g/mol. The number of hydrogen-bond acceptors (Lipinski definition) is 6. The van der Waals surface area contributed by atoms with Gasteiger partial charge in [-0.15, -0.1) is 0 Å². The number of fused-ring (bicyclic) bond motifs is 5. The van der Waals surface area contributed by atoms with Gasteiger partial charge in [-0.2, -0.15) is 13.2 Å².